The van der Waals surface area contributed by atoms with Crippen molar-refractivity contribution >= 4 is 18.0 Å². The molecule has 0 heterocycles. The molecule has 0 aromatic heterocycles. The molecule has 0 aliphatic heterocycles. The normalized spacial score (nSPS) is 16.4. The van der Waals surface area contributed by atoms with Gasteiger partial charge in [0.05, 0.1) is 0 Å². The summed E-state index contributed by atoms with van der Waals surface area (Å²) in [6, 6.07) is 7.88. The fourth-order valence-electron chi connectivity index (χ4n) is 3.99. The molecule has 0 saturated carbocycles. The number of aliphatic carboxylic acids is 1. The first-order chi connectivity index (χ1) is 13.9. The van der Waals surface area contributed by atoms with Crippen molar-refractivity contribution in [2.24, 2.45) is 23.5 Å². The Kier molecular flexibility index (Phi) is 9.29. The number of carbonyl (C=O) groups excluding carboxylic acids is 1. The Labute approximate surface area is 178 Å². The number of rotatable bonds is 11. The topological polar surface area (TPSA) is 142 Å². The molecule has 0 aliphatic rings. The molecule has 1 aromatic carbocycles. The highest BCUT2D eigenvalue weighted by Gasteiger charge is 2.48. The van der Waals surface area contributed by atoms with Crippen molar-refractivity contribution in [3.8, 4) is 0 Å². The van der Waals surface area contributed by atoms with E-state index < -0.39 is 35.6 Å². The zero-order chi connectivity index (χ0) is 23.1. The second-order valence-electron chi connectivity index (χ2n) is 8.79. The van der Waals surface area contributed by atoms with E-state index in [1.165, 1.54) is 0 Å². The number of hydrogen-bond acceptors (Lipinski definition) is 4. The molecule has 1 rings (SSSR count). The number of carboxylic acids is 1. The third kappa shape index (κ3) is 7.02. The number of benzene rings is 1. The van der Waals surface area contributed by atoms with Crippen LogP contribution < -0.4 is 16.4 Å². The minimum absolute atomic E-state index is 0.00869. The zero-order valence-corrected chi connectivity index (χ0v) is 18.4. The standard InChI is InChI=1S/C22H35N3O5/c1-13(2)11-15(5)18(16-9-7-6-8-10-16)22(23,20(27)28)25-19(26)17(12-14(3)4)24-21(29)30/h6-10,13-15,17-18,24H,11-12,23H2,1-5H3,(H,25,26)(H,27,28)(H,29,30). The van der Waals surface area contributed by atoms with Crippen LogP contribution >= 0.6 is 0 Å². The maximum absolute atomic E-state index is 12.9. The molecule has 0 saturated heterocycles. The lowest BCUT2D eigenvalue weighted by Gasteiger charge is -2.39. The largest absolute Gasteiger partial charge is 0.478 e. The lowest BCUT2D eigenvalue weighted by atomic mass is 9.74. The van der Waals surface area contributed by atoms with E-state index in [1.807, 2.05) is 40.7 Å². The molecule has 0 bridgehead atoms. The van der Waals surface area contributed by atoms with Gasteiger partial charge in [-0.25, -0.2) is 9.59 Å². The van der Waals surface area contributed by atoms with E-state index >= 15 is 0 Å². The van der Waals surface area contributed by atoms with Gasteiger partial charge in [0.25, 0.3) is 0 Å². The number of amides is 2. The number of nitrogens with one attached hydrogen (secondary N) is 2. The molecule has 6 N–H and O–H groups in total. The van der Waals surface area contributed by atoms with Crippen molar-refractivity contribution in [2.45, 2.75) is 65.1 Å². The van der Waals surface area contributed by atoms with Gasteiger partial charge in [0.15, 0.2) is 5.66 Å². The molecule has 168 valence electrons. The maximum Gasteiger partial charge on any atom is 0.405 e. The minimum atomic E-state index is -2.11. The molecule has 0 radical (unpaired) electrons. The summed E-state index contributed by atoms with van der Waals surface area (Å²) in [5.74, 6) is -2.71. The highest BCUT2D eigenvalue weighted by Crippen LogP contribution is 2.36. The number of carboxylic acid groups (broad SMARTS) is 2. The molecule has 30 heavy (non-hydrogen) atoms. The van der Waals surface area contributed by atoms with Gasteiger partial charge < -0.3 is 20.8 Å². The highest BCUT2D eigenvalue weighted by atomic mass is 16.4. The summed E-state index contributed by atoms with van der Waals surface area (Å²) in [5, 5.41) is 23.8. The number of carbonyl (C=O) groups is 3. The van der Waals surface area contributed by atoms with Crippen LogP contribution in [0.4, 0.5) is 4.79 Å². The van der Waals surface area contributed by atoms with Crippen LogP contribution in [-0.4, -0.2) is 39.9 Å². The van der Waals surface area contributed by atoms with E-state index in [0.717, 1.165) is 0 Å². The molecule has 2 amide bonds. The summed E-state index contributed by atoms with van der Waals surface area (Å²) >= 11 is 0. The van der Waals surface area contributed by atoms with Gasteiger partial charge in [-0.2, -0.15) is 0 Å². The van der Waals surface area contributed by atoms with Crippen molar-refractivity contribution in [1.82, 2.24) is 10.6 Å². The Morgan fingerprint density at radius 1 is 0.967 bits per heavy atom. The second kappa shape index (κ2) is 11.0. The van der Waals surface area contributed by atoms with E-state index in [9.17, 15) is 19.5 Å². The monoisotopic (exact) mass is 421 g/mol. The fraction of sp³-hybridized carbons (Fsp3) is 0.591. The maximum atomic E-state index is 12.9. The average molecular weight is 422 g/mol. The molecule has 1 aromatic rings. The van der Waals surface area contributed by atoms with Gasteiger partial charge in [0, 0.05) is 5.92 Å². The van der Waals surface area contributed by atoms with Crippen molar-refractivity contribution in [1.29, 1.82) is 0 Å². The van der Waals surface area contributed by atoms with E-state index in [0.29, 0.717) is 17.9 Å². The zero-order valence-electron chi connectivity index (χ0n) is 18.4. The summed E-state index contributed by atoms with van der Waals surface area (Å²) < 4.78 is 0. The van der Waals surface area contributed by atoms with E-state index in [2.05, 4.69) is 10.6 Å². The van der Waals surface area contributed by atoms with Crippen LogP contribution in [0.25, 0.3) is 0 Å². The van der Waals surface area contributed by atoms with Crippen molar-refractivity contribution in [3.05, 3.63) is 35.9 Å². The SMILES string of the molecule is CC(C)CC(NC(=O)O)C(=O)NC(N)(C(=O)O)C(c1ccccc1)C(C)CC(C)C. The van der Waals surface area contributed by atoms with Crippen molar-refractivity contribution in [3.63, 3.8) is 0 Å². The predicted octanol–water partition coefficient (Wildman–Crippen LogP) is 2.99. The van der Waals surface area contributed by atoms with Crippen LogP contribution in [0.2, 0.25) is 0 Å². The predicted molar refractivity (Wildman–Crippen MR) is 115 cm³/mol. The van der Waals surface area contributed by atoms with E-state index in [1.54, 1.807) is 24.3 Å². The quantitative estimate of drug-likeness (QED) is 0.348. The van der Waals surface area contributed by atoms with Crippen LogP contribution in [0.5, 0.6) is 0 Å². The minimum Gasteiger partial charge on any atom is -0.478 e. The molecule has 0 fully saturated rings. The first-order valence-electron chi connectivity index (χ1n) is 10.3. The Bertz CT molecular complexity index is 723. The fourth-order valence-corrected chi connectivity index (χ4v) is 3.99. The number of hydrogen-bond donors (Lipinski definition) is 5. The van der Waals surface area contributed by atoms with Crippen LogP contribution in [0, 0.1) is 17.8 Å². The number of nitrogens with two attached hydrogens (primary N) is 1. The van der Waals surface area contributed by atoms with Gasteiger partial charge >= 0.3 is 12.1 Å². The first kappa shape index (κ1) is 25.4. The van der Waals surface area contributed by atoms with E-state index in [-0.39, 0.29) is 18.3 Å². The molecule has 8 heteroatoms. The molecular formula is C22H35N3O5. The third-order valence-corrected chi connectivity index (χ3v) is 5.07. The highest BCUT2D eigenvalue weighted by molar-refractivity contribution is 5.91. The first-order valence-corrected chi connectivity index (χ1v) is 10.3. The molecule has 4 atom stereocenters. The van der Waals surface area contributed by atoms with Gasteiger partial charge in [0.1, 0.15) is 6.04 Å². The lowest BCUT2D eigenvalue weighted by molar-refractivity contribution is -0.150. The summed E-state index contributed by atoms with van der Waals surface area (Å²) in [6.07, 6.45) is -0.447. The summed E-state index contributed by atoms with van der Waals surface area (Å²) in [5.41, 5.74) is 4.98. The van der Waals surface area contributed by atoms with Crippen LogP contribution in [0.3, 0.4) is 0 Å². The van der Waals surface area contributed by atoms with Gasteiger partial charge in [-0.05, 0) is 36.2 Å². The lowest BCUT2D eigenvalue weighted by Crippen LogP contribution is -2.68. The average Bonchev–Trinajstić information content (AvgIpc) is 2.60. The molecule has 4 unspecified atom stereocenters. The molecule has 0 aliphatic carbocycles. The molecule has 0 spiro atoms. The third-order valence-electron chi connectivity index (χ3n) is 5.07. The van der Waals surface area contributed by atoms with E-state index in [4.69, 9.17) is 10.8 Å². The van der Waals surface area contributed by atoms with Crippen LogP contribution in [-0.2, 0) is 9.59 Å². The Morgan fingerprint density at radius 2 is 1.50 bits per heavy atom. The van der Waals surface area contributed by atoms with Crippen molar-refractivity contribution in [2.75, 3.05) is 0 Å². The Balaban J connectivity index is 3.37. The smallest absolute Gasteiger partial charge is 0.405 e. The molecule has 8 nitrogen and oxygen atoms in total. The van der Waals surface area contributed by atoms with Crippen LogP contribution in [0.15, 0.2) is 30.3 Å². The van der Waals surface area contributed by atoms with Gasteiger partial charge in [0.2, 0.25) is 5.91 Å². The van der Waals surface area contributed by atoms with Crippen molar-refractivity contribution < 1.29 is 24.6 Å². The molecular weight excluding hydrogens is 386 g/mol. The Morgan fingerprint density at radius 3 is 1.93 bits per heavy atom. The summed E-state index contributed by atoms with van der Waals surface area (Å²) in [4.78, 5) is 36.4. The van der Waals surface area contributed by atoms with Gasteiger partial charge in [-0.3, -0.25) is 10.5 Å². The van der Waals surface area contributed by atoms with Gasteiger partial charge in [-0.15, -0.1) is 0 Å². The Hall–Kier alpha value is -2.61. The summed E-state index contributed by atoms with van der Waals surface area (Å²) in [7, 11) is 0. The van der Waals surface area contributed by atoms with Gasteiger partial charge in [-0.1, -0.05) is 65.0 Å². The summed E-state index contributed by atoms with van der Waals surface area (Å²) in [6.45, 7) is 9.66. The van der Waals surface area contributed by atoms with Crippen LogP contribution in [0.1, 0.15) is 58.9 Å². The second-order valence-corrected chi connectivity index (χ2v) is 8.79.